The number of anilines is 1. The molecule has 3 aromatic heterocycles. The summed E-state index contributed by atoms with van der Waals surface area (Å²) < 4.78 is 3.26. The summed E-state index contributed by atoms with van der Waals surface area (Å²) in [4.78, 5) is 34.1. The molecule has 0 spiro atoms. The monoisotopic (exact) mass is 576 g/mol. The third-order valence-corrected chi connectivity index (χ3v) is 7.50. The highest BCUT2D eigenvalue weighted by Gasteiger charge is 2.29. The van der Waals surface area contributed by atoms with Crippen molar-refractivity contribution < 1.29 is 9.90 Å². The van der Waals surface area contributed by atoms with Crippen LogP contribution in [0, 0.1) is 0 Å². The molecule has 0 saturated heterocycles. The minimum Gasteiger partial charge on any atom is -0.465 e. The van der Waals surface area contributed by atoms with E-state index in [1.807, 2.05) is 12.1 Å². The van der Waals surface area contributed by atoms with Crippen LogP contribution in [0.4, 0.5) is 10.5 Å². The molecule has 11 nitrogen and oxygen atoms in total. The average Bonchev–Trinajstić information content (AvgIpc) is 3.69. The Kier molecular flexibility index (Phi) is 6.60. The fourth-order valence-electron chi connectivity index (χ4n) is 5.17. The minimum absolute atomic E-state index is 0.176. The van der Waals surface area contributed by atoms with E-state index in [0.717, 1.165) is 16.8 Å². The van der Waals surface area contributed by atoms with Crippen molar-refractivity contribution in [3.8, 4) is 28.1 Å². The zero-order chi connectivity index (χ0) is 28.0. The van der Waals surface area contributed by atoms with Crippen molar-refractivity contribution in [2.24, 2.45) is 0 Å². The van der Waals surface area contributed by atoms with Crippen LogP contribution in [0.2, 0.25) is 10.2 Å². The van der Waals surface area contributed by atoms with Crippen molar-refractivity contribution in [3.63, 3.8) is 0 Å². The SMILES string of the molecule is CCN(C(=O)O)c1ccc(-c2nc(C3CCc4cc(-c5cc(Cl)ccc5-n5cnnn5)cc(=O)n43)[nH]c2Cl)cc1. The minimum atomic E-state index is -1.02. The van der Waals surface area contributed by atoms with Gasteiger partial charge in [-0.1, -0.05) is 35.3 Å². The van der Waals surface area contributed by atoms with Gasteiger partial charge in [-0.25, -0.2) is 9.78 Å². The van der Waals surface area contributed by atoms with Crippen LogP contribution in [0.3, 0.4) is 0 Å². The van der Waals surface area contributed by atoms with Gasteiger partial charge in [0.1, 0.15) is 23.0 Å². The number of tetrazole rings is 1. The van der Waals surface area contributed by atoms with Gasteiger partial charge in [0, 0.05) is 40.1 Å². The summed E-state index contributed by atoms with van der Waals surface area (Å²) in [5.74, 6) is 0.579. The number of carboxylic acid groups (broad SMARTS) is 1. The molecule has 202 valence electrons. The van der Waals surface area contributed by atoms with Gasteiger partial charge in [0.15, 0.2) is 0 Å². The molecule has 6 rings (SSSR count). The molecule has 1 aliphatic rings. The Balaban J connectivity index is 1.34. The maximum absolute atomic E-state index is 13.5. The molecule has 1 atom stereocenters. The molecule has 0 aliphatic carbocycles. The highest BCUT2D eigenvalue weighted by molar-refractivity contribution is 6.32. The largest absolute Gasteiger partial charge is 0.465 e. The molecule has 0 saturated carbocycles. The number of aromatic nitrogens is 7. The maximum Gasteiger partial charge on any atom is 0.411 e. The van der Waals surface area contributed by atoms with Crippen LogP contribution >= 0.6 is 23.2 Å². The first kappa shape index (κ1) is 25.8. The lowest BCUT2D eigenvalue weighted by atomic mass is 10.0. The van der Waals surface area contributed by atoms with E-state index in [2.05, 4.69) is 20.5 Å². The number of nitrogens with zero attached hydrogens (tertiary/aromatic N) is 7. The molecule has 40 heavy (non-hydrogen) atoms. The highest BCUT2D eigenvalue weighted by atomic mass is 35.5. The first-order valence-electron chi connectivity index (χ1n) is 12.5. The Labute approximate surface area is 237 Å². The lowest BCUT2D eigenvalue weighted by Crippen LogP contribution is -2.28. The Morgan fingerprint density at radius 2 is 1.93 bits per heavy atom. The predicted octanol–water partition coefficient (Wildman–Crippen LogP) is 5.23. The van der Waals surface area contributed by atoms with Gasteiger partial charge in [0.05, 0.1) is 11.7 Å². The smallest absolute Gasteiger partial charge is 0.411 e. The Hall–Kier alpha value is -4.48. The number of benzene rings is 2. The molecular formula is C27H22Cl2N8O3. The second-order valence-electron chi connectivity index (χ2n) is 9.27. The van der Waals surface area contributed by atoms with Gasteiger partial charge in [-0.3, -0.25) is 9.69 Å². The average molecular weight is 577 g/mol. The van der Waals surface area contributed by atoms with E-state index >= 15 is 0 Å². The zero-order valence-electron chi connectivity index (χ0n) is 21.1. The quantitative estimate of drug-likeness (QED) is 0.282. The summed E-state index contributed by atoms with van der Waals surface area (Å²) in [5, 5.41) is 21.7. The van der Waals surface area contributed by atoms with Crippen molar-refractivity contribution in [1.29, 1.82) is 0 Å². The van der Waals surface area contributed by atoms with Crippen LogP contribution in [0.5, 0.6) is 0 Å². The molecule has 4 heterocycles. The van der Waals surface area contributed by atoms with Gasteiger partial charge < -0.3 is 14.7 Å². The lowest BCUT2D eigenvalue weighted by molar-refractivity contribution is 0.202. The number of hydrogen-bond acceptors (Lipinski definition) is 6. The van der Waals surface area contributed by atoms with Gasteiger partial charge >= 0.3 is 6.09 Å². The number of aromatic amines is 1. The van der Waals surface area contributed by atoms with Crippen LogP contribution in [-0.4, -0.2) is 52.5 Å². The Morgan fingerprint density at radius 1 is 1.12 bits per heavy atom. The lowest BCUT2D eigenvalue weighted by Gasteiger charge is -2.17. The van der Waals surface area contributed by atoms with E-state index in [1.165, 1.54) is 15.9 Å². The number of fused-ring (bicyclic) bond motifs is 1. The van der Waals surface area contributed by atoms with E-state index in [9.17, 15) is 14.7 Å². The molecule has 13 heteroatoms. The van der Waals surface area contributed by atoms with Gasteiger partial charge in [-0.2, -0.15) is 4.68 Å². The Bertz CT molecular complexity index is 1780. The third-order valence-electron chi connectivity index (χ3n) is 6.99. The maximum atomic E-state index is 13.5. The number of pyridine rings is 1. The topological polar surface area (TPSA) is 135 Å². The molecule has 5 aromatic rings. The fraction of sp³-hybridized carbons (Fsp3) is 0.185. The molecule has 0 fully saturated rings. The third kappa shape index (κ3) is 4.52. The van der Waals surface area contributed by atoms with Crippen LogP contribution in [0.25, 0.3) is 28.1 Å². The van der Waals surface area contributed by atoms with Gasteiger partial charge in [-0.15, -0.1) is 5.10 Å². The van der Waals surface area contributed by atoms with E-state index < -0.39 is 6.09 Å². The number of aryl methyl sites for hydroxylation is 1. The first-order valence-corrected chi connectivity index (χ1v) is 13.2. The van der Waals surface area contributed by atoms with Gasteiger partial charge in [-0.05, 0) is 72.2 Å². The van der Waals surface area contributed by atoms with E-state index in [4.69, 9.17) is 28.2 Å². The van der Waals surface area contributed by atoms with E-state index in [1.54, 1.807) is 54.0 Å². The predicted molar refractivity (Wildman–Crippen MR) is 150 cm³/mol. The normalized spacial score (nSPS) is 14.3. The van der Waals surface area contributed by atoms with E-state index in [0.29, 0.717) is 58.0 Å². The zero-order valence-corrected chi connectivity index (χ0v) is 22.6. The number of nitrogens with one attached hydrogen (secondary N) is 1. The summed E-state index contributed by atoms with van der Waals surface area (Å²) in [6.45, 7) is 2.10. The molecule has 0 radical (unpaired) electrons. The number of carbonyl (C=O) groups is 1. The second-order valence-corrected chi connectivity index (χ2v) is 10.1. The molecule has 0 bridgehead atoms. The second kappa shape index (κ2) is 10.2. The number of hydrogen-bond donors (Lipinski definition) is 2. The molecule has 1 unspecified atom stereocenters. The van der Waals surface area contributed by atoms with Gasteiger partial charge in [0.2, 0.25) is 0 Å². The summed E-state index contributed by atoms with van der Waals surface area (Å²) in [6, 6.07) is 15.6. The number of halogens is 2. The molecule has 2 N–H and O–H groups in total. The summed E-state index contributed by atoms with van der Waals surface area (Å²) >= 11 is 12.9. The van der Waals surface area contributed by atoms with Crippen LogP contribution < -0.4 is 10.5 Å². The van der Waals surface area contributed by atoms with Crippen molar-refractivity contribution in [3.05, 3.63) is 93.0 Å². The van der Waals surface area contributed by atoms with Crippen LogP contribution in [0.1, 0.15) is 30.9 Å². The van der Waals surface area contributed by atoms with Crippen LogP contribution in [0.15, 0.2) is 65.7 Å². The Morgan fingerprint density at radius 3 is 2.62 bits per heavy atom. The molecular weight excluding hydrogens is 555 g/mol. The summed E-state index contributed by atoms with van der Waals surface area (Å²) in [6.07, 6.45) is 1.80. The fourth-order valence-corrected chi connectivity index (χ4v) is 5.59. The van der Waals surface area contributed by atoms with Crippen LogP contribution in [-0.2, 0) is 6.42 Å². The number of rotatable bonds is 6. The highest BCUT2D eigenvalue weighted by Crippen LogP contribution is 2.36. The summed E-state index contributed by atoms with van der Waals surface area (Å²) in [5.41, 5.74) is 4.66. The number of amides is 1. The van der Waals surface area contributed by atoms with Gasteiger partial charge in [0.25, 0.3) is 5.56 Å². The summed E-state index contributed by atoms with van der Waals surface area (Å²) in [7, 11) is 0. The first-order chi connectivity index (χ1) is 19.3. The molecule has 2 aromatic carbocycles. The van der Waals surface area contributed by atoms with Crippen molar-refractivity contribution >= 4 is 35.0 Å². The van der Waals surface area contributed by atoms with Crippen molar-refractivity contribution in [1.82, 2.24) is 34.7 Å². The van der Waals surface area contributed by atoms with Crippen molar-refractivity contribution in [2.75, 3.05) is 11.4 Å². The van der Waals surface area contributed by atoms with E-state index in [-0.39, 0.29) is 11.6 Å². The number of H-pyrrole nitrogens is 1. The standard InChI is InChI=1S/C27H22Cl2N8O3/c1-2-35(27(39)40)18-6-3-15(4-7-18)24-25(29)32-26(31-24)22-10-8-19-11-16(12-23(38)37(19)22)20-13-17(28)5-9-21(20)36-14-30-33-34-36/h3-7,9,11-14,22H,2,8,10H2,1H3,(H,31,32)(H,39,40). The van der Waals surface area contributed by atoms with Crippen molar-refractivity contribution in [2.45, 2.75) is 25.8 Å². The molecule has 1 aliphatic heterocycles. The number of imidazole rings is 1. The molecule has 1 amide bonds.